The van der Waals surface area contributed by atoms with Crippen LogP contribution in [0.5, 0.6) is 0 Å². The van der Waals surface area contributed by atoms with Crippen LogP contribution in [0.4, 0.5) is 8.78 Å². The van der Waals surface area contributed by atoms with Crippen LogP contribution >= 0.6 is 0 Å². The Morgan fingerprint density at radius 1 is 1.02 bits per heavy atom. The normalized spacial score (nSPS) is 21.1. The van der Waals surface area contributed by atoms with Crippen molar-refractivity contribution in [2.24, 2.45) is 0 Å². The molecule has 3 fully saturated rings. The van der Waals surface area contributed by atoms with Crippen molar-refractivity contribution in [1.82, 2.24) is 34.6 Å². The van der Waals surface area contributed by atoms with Gasteiger partial charge in [-0.15, -0.1) is 0 Å². The second-order valence-electron chi connectivity index (χ2n) is 11.2. The molecule has 2 aliphatic carbocycles. The minimum Gasteiger partial charge on any atom is -0.373 e. The standard InChI is InChI=1S/C29H29F2N7O2/c1-37(2)29(39)26-23(15-3-4-15)34-28-25(33-26)24(20-8-5-18(30)12-21(20)31)35-27(36-28)16-9-10-40-22(11-16)17-13-32-38(14-17)19-6-7-19/h5,8,12-16,19,22H,3-4,6-7,9-11H2,1-2H3/t16?,22-/m1/s1. The predicted molar refractivity (Wildman–Crippen MR) is 142 cm³/mol. The van der Waals surface area contributed by atoms with Crippen LogP contribution in [0.15, 0.2) is 30.6 Å². The molecule has 0 bridgehead atoms. The molecule has 1 amide bonds. The summed E-state index contributed by atoms with van der Waals surface area (Å²) in [5, 5.41) is 4.51. The van der Waals surface area contributed by atoms with E-state index in [1.807, 2.05) is 10.9 Å². The average molecular weight is 546 g/mol. The van der Waals surface area contributed by atoms with Gasteiger partial charge in [0, 0.05) is 55.9 Å². The third-order valence-corrected chi connectivity index (χ3v) is 7.90. The van der Waals surface area contributed by atoms with Gasteiger partial charge in [-0.1, -0.05) is 0 Å². The van der Waals surface area contributed by atoms with Gasteiger partial charge in [0.05, 0.1) is 24.0 Å². The number of ether oxygens (including phenoxy) is 1. The number of carbonyl (C=O) groups is 1. The number of aromatic nitrogens is 6. The zero-order chi connectivity index (χ0) is 27.5. The quantitative estimate of drug-likeness (QED) is 0.332. The first-order chi connectivity index (χ1) is 19.4. The molecule has 4 heterocycles. The van der Waals surface area contributed by atoms with E-state index >= 15 is 4.39 Å². The molecule has 0 radical (unpaired) electrons. The van der Waals surface area contributed by atoms with Crippen molar-refractivity contribution in [2.45, 2.75) is 62.5 Å². The molecule has 1 saturated heterocycles. The summed E-state index contributed by atoms with van der Waals surface area (Å²) in [7, 11) is 3.31. The predicted octanol–water partition coefficient (Wildman–Crippen LogP) is 5.11. The van der Waals surface area contributed by atoms with Crippen LogP contribution in [0.2, 0.25) is 0 Å². The molecule has 4 aromatic rings. The second kappa shape index (κ2) is 9.65. The molecule has 2 atom stereocenters. The highest BCUT2D eigenvalue weighted by Gasteiger charge is 2.34. The summed E-state index contributed by atoms with van der Waals surface area (Å²) >= 11 is 0. The smallest absolute Gasteiger partial charge is 0.273 e. The number of nitrogens with zero attached hydrogens (tertiary/aromatic N) is 7. The minimum absolute atomic E-state index is 0.0797. The Balaban J connectivity index is 1.34. The lowest BCUT2D eigenvalue weighted by atomic mass is 9.92. The average Bonchev–Trinajstić information content (AvgIpc) is 3.90. The Morgan fingerprint density at radius 2 is 1.85 bits per heavy atom. The van der Waals surface area contributed by atoms with Crippen LogP contribution in [0.1, 0.15) is 90.1 Å². The molecule has 40 heavy (non-hydrogen) atoms. The molecule has 2 saturated carbocycles. The topological polar surface area (TPSA) is 98.9 Å². The van der Waals surface area contributed by atoms with Crippen molar-refractivity contribution >= 4 is 17.1 Å². The Bertz CT molecular complexity index is 1630. The van der Waals surface area contributed by atoms with Crippen LogP contribution in [0.25, 0.3) is 22.4 Å². The Labute approximate surface area is 229 Å². The monoisotopic (exact) mass is 545 g/mol. The lowest BCUT2D eigenvalue weighted by molar-refractivity contribution is 0.00396. The van der Waals surface area contributed by atoms with Crippen LogP contribution in [-0.2, 0) is 4.74 Å². The zero-order valence-corrected chi connectivity index (χ0v) is 22.3. The second-order valence-corrected chi connectivity index (χ2v) is 11.2. The van der Waals surface area contributed by atoms with Gasteiger partial charge >= 0.3 is 0 Å². The molecule has 1 unspecified atom stereocenters. The first-order valence-corrected chi connectivity index (χ1v) is 13.8. The maximum absolute atomic E-state index is 15.1. The number of amides is 1. The summed E-state index contributed by atoms with van der Waals surface area (Å²) in [5.41, 5.74) is 2.66. The highest BCUT2D eigenvalue weighted by Crippen LogP contribution is 2.43. The molecule has 206 valence electrons. The van der Waals surface area contributed by atoms with Crippen molar-refractivity contribution in [3.05, 3.63) is 65.0 Å². The van der Waals surface area contributed by atoms with E-state index in [0.29, 0.717) is 42.7 Å². The van der Waals surface area contributed by atoms with Gasteiger partial charge in [0.15, 0.2) is 11.3 Å². The summed E-state index contributed by atoms with van der Waals surface area (Å²) in [5.74, 6) is -1.18. The van der Waals surface area contributed by atoms with Gasteiger partial charge in [-0.05, 0) is 50.7 Å². The fourth-order valence-corrected chi connectivity index (χ4v) is 5.36. The molecule has 9 nitrogen and oxygen atoms in total. The fraction of sp³-hybridized carbons (Fsp3) is 0.448. The van der Waals surface area contributed by atoms with Gasteiger partial charge in [0.25, 0.3) is 5.91 Å². The van der Waals surface area contributed by atoms with Gasteiger partial charge in [-0.3, -0.25) is 9.48 Å². The number of hydrogen-bond donors (Lipinski definition) is 0. The number of fused-ring (bicyclic) bond motifs is 1. The van der Waals surface area contributed by atoms with Crippen molar-refractivity contribution in [1.29, 1.82) is 0 Å². The van der Waals surface area contributed by atoms with Crippen molar-refractivity contribution in [3.63, 3.8) is 0 Å². The highest BCUT2D eigenvalue weighted by molar-refractivity contribution is 5.97. The fourth-order valence-electron chi connectivity index (χ4n) is 5.36. The van der Waals surface area contributed by atoms with Gasteiger partial charge in [-0.25, -0.2) is 28.7 Å². The lowest BCUT2D eigenvalue weighted by Crippen LogP contribution is -2.25. The Morgan fingerprint density at radius 3 is 2.58 bits per heavy atom. The maximum atomic E-state index is 15.1. The van der Waals surface area contributed by atoms with E-state index in [2.05, 4.69) is 11.3 Å². The molecule has 1 aliphatic heterocycles. The molecule has 3 aliphatic rings. The van der Waals surface area contributed by atoms with E-state index in [-0.39, 0.29) is 46.3 Å². The van der Waals surface area contributed by atoms with Crippen LogP contribution in [0, 0.1) is 11.6 Å². The van der Waals surface area contributed by atoms with Crippen molar-refractivity contribution in [2.75, 3.05) is 20.7 Å². The van der Waals surface area contributed by atoms with Gasteiger partial charge in [0.2, 0.25) is 0 Å². The zero-order valence-electron chi connectivity index (χ0n) is 22.3. The van der Waals surface area contributed by atoms with Crippen LogP contribution < -0.4 is 0 Å². The Hall–Kier alpha value is -3.86. The van der Waals surface area contributed by atoms with Crippen molar-refractivity contribution in [3.8, 4) is 11.3 Å². The van der Waals surface area contributed by atoms with E-state index in [9.17, 15) is 9.18 Å². The number of carbonyl (C=O) groups excluding carboxylic acids is 1. The third kappa shape index (κ3) is 4.61. The molecule has 0 spiro atoms. The number of halogens is 2. The summed E-state index contributed by atoms with van der Waals surface area (Å²) in [6.45, 7) is 0.515. The molecule has 11 heteroatoms. The minimum atomic E-state index is -0.767. The SMILES string of the molecule is CN(C)C(=O)c1nc2c(-c3ccc(F)cc3F)nc(C3CCO[C@@H](c4cnn(C5CC5)c4)C3)nc2nc1C1CC1. The number of hydrogen-bond acceptors (Lipinski definition) is 7. The lowest BCUT2D eigenvalue weighted by Gasteiger charge is -2.28. The van der Waals surface area contributed by atoms with E-state index in [1.165, 1.54) is 17.0 Å². The van der Waals surface area contributed by atoms with E-state index in [4.69, 9.17) is 24.7 Å². The summed E-state index contributed by atoms with van der Waals surface area (Å²) < 4.78 is 37.1. The molecule has 1 aromatic carbocycles. The third-order valence-electron chi connectivity index (χ3n) is 7.90. The molecular weight excluding hydrogens is 516 g/mol. The molecular formula is C29H29F2N7O2. The Kier molecular flexibility index (Phi) is 6.06. The van der Waals surface area contributed by atoms with Crippen molar-refractivity contribution < 1.29 is 18.3 Å². The first-order valence-electron chi connectivity index (χ1n) is 13.8. The van der Waals surface area contributed by atoms with Crippen LogP contribution in [0.3, 0.4) is 0 Å². The van der Waals surface area contributed by atoms with Gasteiger partial charge in [-0.2, -0.15) is 5.10 Å². The van der Waals surface area contributed by atoms with E-state index in [0.717, 1.165) is 37.3 Å². The first kappa shape index (κ1) is 25.1. The number of rotatable bonds is 6. The summed E-state index contributed by atoms with van der Waals surface area (Å²) in [4.78, 5) is 33.7. The highest BCUT2D eigenvalue weighted by atomic mass is 19.1. The van der Waals surface area contributed by atoms with Crippen LogP contribution in [-0.4, -0.2) is 61.2 Å². The van der Waals surface area contributed by atoms with E-state index < -0.39 is 11.6 Å². The maximum Gasteiger partial charge on any atom is 0.273 e. The molecule has 3 aromatic heterocycles. The molecule has 7 rings (SSSR count). The molecule has 0 N–H and O–H groups in total. The van der Waals surface area contributed by atoms with E-state index in [1.54, 1.807) is 14.1 Å². The van der Waals surface area contributed by atoms with Gasteiger partial charge < -0.3 is 9.64 Å². The summed E-state index contributed by atoms with van der Waals surface area (Å²) in [6.07, 6.45) is 9.21. The largest absolute Gasteiger partial charge is 0.373 e. The summed E-state index contributed by atoms with van der Waals surface area (Å²) in [6, 6.07) is 3.84. The van der Waals surface area contributed by atoms with Gasteiger partial charge in [0.1, 0.15) is 28.7 Å². The number of benzene rings is 1.